The third-order valence-electron chi connectivity index (χ3n) is 3.15. The van der Waals surface area contributed by atoms with Gasteiger partial charge in [-0.05, 0) is 23.3 Å². The van der Waals surface area contributed by atoms with Gasteiger partial charge in [-0.2, -0.15) is 0 Å². The molecule has 0 unspecified atom stereocenters. The van der Waals surface area contributed by atoms with Crippen LogP contribution in [0.4, 0.5) is 0 Å². The Balaban J connectivity index is 1.74. The van der Waals surface area contributed by atoms with Crippen LogP contribution in [0.1, 0.15) is 29.8 Å². The van der Waals surface area contributed by atoms with Crippen molar-refractivity contribution in [3.8, 4) is 5.75 Å². The van der Waals surface area contributed by atoms with Crippen molar-refractivity contribution in [1.82, 2.24) is 0 Å². The predicted molar refractivity (Wildman–Crippen MR) is 66.8 cm³/mol. The maximum Gasteiger partial charge on any atom is 0.121 e. The van der Waals surface area contributed by atoms with E-state index in [2.05, 4.69) is 0 Å². The van der Waals surface area contributed by atoms with Crippen molar-refractivity contribution in [2.75, 3.05) is 0 Å². The molecule has 0 radical (unpaired) electrons. The molecule has 0 amide bonds. The van der Waals surface area contributed by atoms with Crippen LogP contribution in [0.15, 0.2) is 54.6 Å². The summed E-state index contributed by atoms with van der Waals surface area (Å²) in [6, 6.07) is 17.1. The maximum absolute atomic E-state index is 9.26. The quantitative estimate of drug-likeness (QED) is 0.819. The Morgan fingerprint density at radius 1 is 0.778 bits per heavy atom. The number of phenols is 1. The molecule has 3 heteroatoms. The average Bonchev–Trinajstić information content (AvgIpc) is 2.90. The first-order chi connectivity index (χ1) is 8.83. The SMILES string of the molecule is Oc1ccc([C@@H]2C[C@H](c3ccccc3)OO2)cc1. The van der Waals surface area contributed by atoms with E-state index in [0.717, 1.165) is 17.5 Å². The Morgan fingerprint density at radius 3 is 1.94 bits per heavy atom. The van der Waals surface area contributed by atoms with Crippen molar-refractivity contribution in [3.05, 3.63) is 65.7 Å². The second kappa shape index (κ2) is 4.80. The van der Waals surface area contributed by atoms with E-state index in [1.165, 1.54) is 0 Å². The van der Waals surface area contributed by atoms with E-state index in [0.29, 0.717) is 0 Å². The van der Waals surface area contributed by atoms with Crippen LogP contribution in [0.5, 0.6) is 5.75 Å². The summed E-state index contributed by atoms with van der Waals surface area (Å²) >= 11 is 0. The van der Waals surface area contributed by atoms with Crippen LogP contribution in [-0.2, 0) is 9.78 Å². The Morgan fingerprint density at radius 2 is 1.33 bits per heavy atom. The number of hydrogen-bond acceptors (Lipinski definition) is 3. The summed E-state index contributed by atoms with van der Waals surface area (Å²) < 4.78 is 0. The van der Waals surface area contributed by atoms with E-state index in [4.69, 9.17) is 9.78 Å². The minimum atomic E-state index is -0.0733. The Bertz CT molecular complexity index is 507. The second-order valence-corrected chi connectivity index (χ2v) is 4.41. The van der Waals surface area contributed by atoms with Gasteiger partial charge in [-0.25, -0.2) is 9.78 Å². The molecule has 1 fully saturated rings. The maximum atomic E-state index is 9.26. The lowest BCUT2D eigenvalue weighted by Crippen LogP contribution is -1.96. The van der Waals surface area contributed by atoms with Gasteiger partial charge in [-0.1, -0.05) is 42.5 Å². The number of phenolic OH excluding ortho intramolecular Hbond substituents is 1. The number of benzene rings is 2. The summed E-state index contributed by atoms with van der Waals surface area (Å²) in [4.78, 5) is 10.7. The molecule has 0 saturated carbocycles. The topological polar surface area (TPSA) is 38.7 Å². The molecule has 2 atom stereocenters. The summed E-state index contributed by atoms with van der Waals surface area (Å²) in [6.07, 6.45) is 0.690. The van der Waals surface area contributed by atoms with E-state index >= 15 is 0 Å². The minimum Gasteiger partial charge on any atom is -0.508 e. The highest BCUT2D eigenvalue weighted by Gasteiger charge is 2.29. The number of rotatable bonds is 2. The molecule has 0 bridgehead atoms. The second-order valence-electron chi connectivity index (χ2n) is 4.41. The lowest BCUT2D eigenvalue weighted by atomic mass is 10.00. The van der Waals surface area contributed by atoms with E-state index in [1.807, 2.05) is 42.5 Å². The molecule has 0 spiro atoms. The molecular weight excluding hydrogens is 228 g/mol. The van der Waals surface area contributed by atoms with Crippen LogP contribution in [0.3, 0.4) is 0 Å². The van der Waals surface area contributed by atoms with Crippen molar-refractivity contribution >= 4 is 0 Å². The van der Waals surface area contributed by atoms with Crippen molar-refractivity contribution < 1.29 is 14.9 Å². The zero-order valence-electron chi connectivity index (χ0n) is 9.82. The van der Waals surface area contributed by atoms with E-state index in [9.17, 15) is 5.11 Å². The summed E-state index contributed by atoms with van der Waals surface area (Å²) in [5.74, 6) is 0.261. The van der Waals surface area contributed by atoms with Gasteiger partial charge in [0.05, 0.1) is 0 Å². The highest BCUT2D eigenvalue weighted by Crippen LogP contribution is 2.39. The van der Waals surface area contributed by atoms with Gasteiger partial charge in [0.1, 0.15) is 18.0 Å². The first-order valence-electron chi connectivity index (χ1n) is 5.99. The van der Waals surface area contributed by atoms with E-state index in [-0.39, 0.29) is 18.0 Å². The molecule has 2 aromatic rings. The van der Waals surface area contributed by atoms with Gasteiger partial charge in [-0.15, -0.1) is 0 Å². The fourth-order valence-electron chi connectivity index (χ4n) is 2.15. The zero-order chi connectivity index (χ0) is 12.4. The van der Waals surface area contributed by atoms with E-state index in [1.54, 1.807) is 12.1 Å². The molecule has 0 aromatic heterocycles. The van der Waals surface area contributed by atoms with Crippen LogP contribution in [0.25, 0.3) is 0 Å². The van der Waals surface area contributed by atoms with Gasteiger partial charge < -0.3 is 5.11 Å². The van der Waals surface area contributed by atoms with Crippen LogP contribution >= 0.6 is 0 Å². The largest absolute Gasteiger partial charge is 0.508 e. The van der Waals surface area contributed by atoms with Gasteiger partial charge in [0.25, 0.3) is 0 Å². The molecule has 1 N–H and O–H groups in total. The summed E-state index contributed by atoms with van der Waals surface area (Å²) in [6.45, 7) is 0. The highest BCUT2D eigenvalue weighted by atomic mass is 17.2. The summed E-state index contributed by atoms with van der Waals surface area (Å²) in [5.41, 5.74) is 2.14. The third-order valence-corrected chi connectivity index (χ3v) is 3.15. The predicted octanol–water partition coefficient (Wildman–Crippen LogP) is 3.53. The van der Waals surface area contributed by atoms with Crippen LogP contribution < -0.4 is 0 Å². The lowest BCUT2D eigenvalue weighted by Gasteiger charge is -2.06. The van der Waals surface area contributed by atoms with Crippen molar-refractivity contribution in [2.24, 2.45) is 0 Å². The van der Waals surface area contributed by atoms with Crippen molar-refractivity contribution in [2.45, 2.75) is 18.6 Å². The van der Waals surface area contributed by atoms with Gasteiger partial charge in [0, 0.05) is 6.42 Å². The minimum absolute atomic E-state index is 0.0231. The monoisotopic (exact) mass is 242 g/mol. The van der Waals surface area contributed by atoms with Crippen LogP contribution in [0, 0.1) is 0 Å². The average molecular weight is 242 g/mol. The highest BCUT2D eigenvalue weighted by molar-refractivity contribution is 5.28. The van der Waals surface area contributed by atoms with Gasteiger partial charge in [-0.3, -0.25) is 0 Å². The normalized spacial score (nSPS) is 23.1. The molecule has 3 nitrogen and oxygen atoms in total. The fraction of sp³-hybridized carbons (Fsp3) is 0.200. The molecular formula is C15H14O3. The molecule has 18 heavy (non-hydrogen) atoms. The Kier molecular flexibility index (Phi) is 3.00. The van der Waals surface area contributed by atoms with Crippen LogP contribution in [0.2, 0.25) is 0 Å². The van der Waals surface area contributed by atoms with Gasteiger partial charge in [0.2, 0.25) is 0 Å². The van der Waals surface area contributed by atoms with Crippen molar-refractivity contribution in [1.29, 1.82) is 0 Å². The first-order valence-corrected chi connectivity index (χ1v) is 5.99. The smallest absolute Gasteiger partial charge is 0.121 e. The zero-order valence-corrected chi connectivity index (χ0v) is 9.82. The lowest BCUT2D eigenvalue weighted by molar-refractivity contribution is -0.300. The van der Waals surface area contributed by atoms with Gasteiger partial charge >= 0.3 is 0 Å². The van der Waals surface area contributed by atoms with E-state index < -0.39 is 0 Å². The molecule has 92 valence electrons. The molecule has 1 aliphatic heterocycles. The number of aromatic hydroxyl groups is 1. The molecule has 1 aliphatic rings. The van der Waals surface area contributed by atoms with Crippen LogP contribution in [-0.4, -0.2) is 5.11 Å². The summed E-state index contributed by atoms with van der Waals surface area (Å²) in [7, 11) is 0. The Hall–Kier alpha value is -1.84. The molecule has 0 aliphatic carbocycles. The first kappa shape index (κ1) is 11.3. The van der Waals surface area contributed by atoms with Crippen molar-refractivity contribution in [3.63, 3.8) is 0 Å². The molecule has 3 rings (SSSR count). The third kappa shape index (κ3) is 2.23. The standard InChI is InChI=1S/C15H14O3/c16-13-8-6-12(7-9-13)15-10-14(17-18-15)11-4-2-1-3-5-11/h1-9,14-16H,10H2/t14-,15+/m1/s1. The Labute approximate surface area is 106 Å². The fourth-order valence-corrected chi connectivity index (χ4v) is 2.15. The molecule has 1 heterocycles. The molecule has 2 aromatic carbocycles. The molecule has 1 saturated heterocycles. The van der Waals surface area contributed by atoms with Gasteiger partial charge in [0.15, 0.2) is 0 Å². The number of hydrogen-bond donors (Lipinski definition) is 1. The summed E-state index contributed by atoms with van der Waals surface area (Å²) in [5, 5.41) is 9.26.